The zero-order valence-corrected chi connectivity index (χ0v) is 38.9. The summed E-state index contributed by atoms with van der Waals surface area (Å²) in [6.07, 6.45) is 10.1. The molecule has 4 atom stereocenters. The number of alkyl carbamates (subject to hydrolysis) is 2. The Kier molecular flexibility index (Phi) is 11.9. The van der Waals surface area contributed by atoms with Gasteiger partial charge in [0.25, 0.3) is 0 Å². The summed E-state index contributed by atoms with van der Waals surface area (Å²) in [4.78, 5) is 82.4. The second-order valence-corrected chi connectivity index (χ2v) is 23.2. The molecule has 4 N–H and O–H groups in total. The monoisotopic (exact) mass is 910 g/mol. The number of aryl methyl sites for hydroxylation is 2. The molecule has 2 saturated heterocycles. The molecule has 9 rings (SSSR count). The van der Waals surface area contributed by atoms with E-state index in [0.717, 1.165) is 68.9 Å². The predicted molar refractivity (Wildman–Crippen MR) is 250 cm³/mol. The van der Waals surface area contributed by atoms with E-state index in [1.54, 1.807) is 28.3 Å². The first kappa shape index (κ1) is 43.9. The summed E-state index contributed by atoms with van der Waals surface area (Å²) < 4.78 is 13.4. The molecule has 3 aromatic carbocycles. The summed E-state index contributed by atoms with van der Waals surface area (Å²) in [6, 6.07) is 17.4. The van der Waals surface area contributed by atoms with E-state index in [1.807, 2.05) is 42.0 Å². The van der Waals surface area contributed by atoms with Crippen LogP contribution in [0.3, 0.4) is 0 Å². The van der Waals surface area contributed by atoms with Crippen molar-refractivity contribution in [2.45, 2.75) is 69.0 Å². The standard InChI is InChI=1S/C47H54N12O6Si/c1-56-22-32(49-25-56)19-36(53-46(62)64-3)44(60)58-17-7-8-39(58)42-48-21-38(52-42)29-11-9-28(10-12-29)30-13-15-34-31(18-30)14-16-35-41(34)55-43(51-35)40-24-66(5,6)27-59(40)45(61)37(54-47(63)65-4)20-33-23-57(2)26-50-33/h9-16,18,21-23,25-26,36-37,39-40H,7-8,17,19-20,24,27H2,1-6H3,(H,48,52)(H,51,55)(H,53,62)(H,54,63)/t36-,37-,39-,40-/m0/s1. The largest absolute Gasteiger partial charge is 0.453 e. The van der Waals surface area contributed by atoms with Crippen LogP contribution in [0.15, 0.2) is 85.8 Å². The van der Waals surface area contributed by atoms with E-state index in [-0.39, 0.29) is 36.7 Å². The fourth-order valence-corrected chi connectivity index (χ4v) is 12.4. The molecule has 0 unspecified atom stereocenters. The fourth-order valence-electron chi connectivity index (χ4n) is 9.48. The summed E-state index contributed by atoms with van der Waals surface area (Å²) in [6.45, 7) is 5.09. The zero-order valence-electron chi connectivity index (χ0n) is 37.9. The van der Waals surface area contributed by atoms with Gasteiger partial charge in [-0.15, -0.1) is 0 Å². The van der Waals surface area contributed by atoms with E-state index in [9.17, 15) is 19.2 Å². The topological polar surface area (TPSA) is 210 Å². The van der Waals surface area contributed by atoms with Crippen molar-refractivity contribution < 1.29 is 28.7 Å². The fraction of sp³-hybridized carbons (Fsp3) is 0.362. The minimum atomic E-state index is -1.86. The second kappa shape index (κ2) is 17.9. The van der Waals surface area contributed by atoms with E-state index >= 15 is 0 Å². The van der Waals surface area contributed by atoms with Crippen LogP contribution in [-0.4, -0.2) is 120 Å². The molecule has 342 valence electrons. The number of aromatic amines is 2. The molecule has 0 radical (unpaired) electrons. The Labute approximate surface area is 382 Å². The number of hydrogen-bond acceptors (Lipinski definition) is 10. The third kappa shape index (κ3) is 9.02. The third-order valence-electron chi connectivity index (χ3n) is 12.7. The number of rotatable bonds is 12. The minimum absolute atomic E-state index is 0.187. The molecule has 6 heterocycles. The number of imidazole rings is 4. The Morgan fingerprint density at radius 3 is 2.00 bits per heavy atom. The van der Waals surface area contributed by atoms with Gasteiger partial charge < -0.3 is 49.0 Å². The lowest BCUT2D eigenvalue weighted by Gasteiger charge is -2.28. The van der Waals surface area contributed by atoms with Gasteiger partial charge in [0, 0.05) is 57.4 Å². The first-order chi connectivity index (χ1) is 31.7. The minimum Gasteiger partial charge on any atom is -0.453 e. The smallest absolute Gasteiger partial charge is 0.407 e. The maximum Gasteiger partial charge on any atom is 0.407 e. The molecule has 2 aliphatic heterocycles. The number of nitrogens with zero attached hydrogens (tertiary/aromatic N) is 8. The molecule has 18 nitrogen and oxygen atoms in total. The Morgan fingerprint density at radius 1 is 0.758 bits per heavy atom. The van der Waals surface area contributed by atoms with Crippen LogP contribution in [0.1, 0.15) is 48.0 Å². The van der Waals surface area contributed by atoms with Gasteiger partial charge in [-0.3, -0.25) is 9.59 Å². The zero-order chi connectivity index (χ0) is 46.3. The number of aromatic nitrogens is 8. The summed E-state index contributed by atoms with van der Waals surface area (Å²) >= 11 is 0. The van der Waals surface area contributed by atoms with Crippen molar-refractivity contribution in [1.29, 1.82) is 0 Å². The van der Waals surface area contributed by atoms with Crippen molar-refractivity contribution >= 4 is 53.9 Å². The average molecular weight is 911 g/mol. The molecule has 66 heavy (non-hydrogen) atoms. The van der Waals surface area contributed by atoms with Crippen LogP contribution < -0.4 is 10.6 Å². The number of carbonyl (C=O) groups excluding carboxylic acids is 4. The third-order valence-corrected chi connectivity index (χ3v) is 15.4. The highest BCUT2D eigenvalue weighted by Gasteiger charge is 2.45. The summed E-state index contributed by atoms with van der Waals surface area (Å²) in [5.74, 6) is 1.02. The number of fused-ring (bicyclic) bond motifs is 3. The van der Waals surface area contributed by atoms with Gasteiger partial charge in [0.1, 0.15) is 23.7 Å². The van der Waals surface area contributed by atoms with Gasteiger partial charge in [0.05, 0.1) is 81.3 Å². The lowest BCUT2D eigenvalue weighted by molar-refractivity contribution is -0.135. The number of carbonyl (C=O) groups is 4. The maximum atomic E-state index is 14.3. The number of benzene rings is 3. The van der Waals surface area contributed by atoms with Gasteiger partial charge in [0.2, 0.25) is 11.8 Å². The highest BCUT2D eigenvalue weighted by molar-refractivity contribution is 6.78. The molecule has 4 aromatic heterocycles. The van der Waals surface area contributed by atoms with E-state index < -0.39 is 32.3 Å². The molecule has 19 heteroatoms. The van der Waals surface area contributed by atoms with Crippen LogP contribution in [0.25, 0.3) is 44.2 Å². The molecule has 0 saturated carbocycles. The van der Waals surface area contributed by atoms with Crippen LogP contribution in [-0.2, 0) is 46.0 Å². The SMILES string of the molecule is COC(=O)N[C@@H](Cc1cn(C)cn1)C(=O)N1CCC[C@H]1c1ncc(-c2ccc(-c3ccc4c(ccc5[nH]c([C@@H]6C[Si](C)(C)CN6C(=O)[C@H](Cc6cn(C)cn6)NC(=O)OC)nc54)c3)cc2)[nH]1. The van der Waals surface area contributed by atoms with Crippen molar-refractivity contribution in [1.82, 2.24) is 59.5 Å². The number of methoxy groups -OCH3 is 2. The van der Waals surface area contributed by atoms with Crippen LogP contribution in [0.4, 0.5) is 9.59 Å². The molecule has 4 amide bonds. The van der Waals surface area contributed by atoms with E-state index in [4.69, 9.17) is 19.4 Å². The van der Waals surface area contributed by atoms with Gasteiger partial charge in [0.15, 0.2) is 0 Å². The summed E-state index contributed by atoms with van der Waals surface area (Å²) in [7, 11) is 4.43. The number of amides is 4. The molecular formula is C47H54N12O6Si. The Hall–Kier alpha value is -7.28. The molecular weight excluding hydrogens is 857 g/mol. The highest BCUT2D eigenvalue weighted by atomic mass is 28.3. The van der Waals surface area contributed by atoms with E-state index in [2.05, 4.69) is 92.2 Å². The van der Waals surface area contributed by atoms with Crippen LogP contribution in [0, 0.1) is 0 Å². The second-order valence-electron chi connectivity index (χ2n) is 18.2. The van der Waals surface area contributed by atoms with E-state index in [1.165, 1.54) is 14.2 Å². The molecule has 7 aromatic rings. The summed E-state index contributed by atoms with van der Waals surface area (Å²) in [5.41, 5.74) is 6.98. The van der Waals surface area contributed by atoms with Gasteiger partial charge in [-0.25, -0.2) is 29.5 Å². The van der Waals surface area contributed by atoms with E-state index in [0.29, 0.717) is 29.9 Å². The maximum absolute atomic E-state index is 14.3. The quantitative estimate of drug-likeness (QED) is 0.106. The van der Waals surface area contributed by atoms with Gasteiger partial charge in [-0.05, 0) is 53.1 Å². The highest BCUT2D eigenvalue weighted by Crippen LogP contribution is 2.39. The lowest BCUT2D eigenvalue weighted by atomic mass is 9.99. The molecule has 0 spiro atoms. The number of hydrogen-bond donors (Lipinski definition) is 4. The van der Waals surface area contributed by atoms with Gasteiger partial charge >= 0.3 is 12.2 Å². The van der Waals surface area contributed by atoms with Crippen LogP contribution in [0.2, 0.25) is 19.1 Å². The Morgan fingerprint density at radius 2 is 1.38 bits per heavy atom. The van der Waals surface area contributed by atoms with Crippen LogP contribution >= 0.6 is 0 Å². The van der Waals surface area contributed by atoms with Crippen LogP contribution in [0.5, 0.6) is 0 Å². The van der Waals surface area contributed by atoms with Crippen molar-refractivity contribution in [2.75, 3.05) is 26.9 Å². The number of H-pyrrole nitrogens is 2. The van der Waals surface area contributed by atoms with Crippen molar-refractivity contribution in [3.8, 4) is 22.4 Å². The normalized spacial score (nSPS) is 17.8. The van der Waals surface area contributed by atoms with Gasteiger partial charge in [-0.1, -0.05) is 55.6 Å². The Balaban J connectivity index is 0.915. The number of likely N-dealkylation sites (tertiary alicyclic amines) is 1. The van der Waals surface area contributed by atoms with Crippen molar-refractivity contribution in [3.63, 3.8) is 0 Å². The predicted octanol–water partition coefficient (Wildman–Crippen LogP) is 5.97. The van der Waals surface area contributed by atoms with Crippen molar-refractivity contribution in [3.05, 3.63) is 109 Å². The van der Waals surface area contributed by atoms with Crippen molar-refractivity contribution in [2.24, 2.45) is 14.1 Å². The average Bonchev–Trinajstić information content (AvgIpc) is 4.18. The first-order valence-corrected chi connectivity index (χ1v) is 25.5. The molecule has 0 aliphatic carbocycles. The summed E-state index contributed by atoms with van der Waals surface area (Å²) in [5, 5.41) is 7.51. The number of ether oxygens (including phenoxy) is 2. The first-order valence-electron chi connectivity index (χ1n) is 22.1. The lowest BCUT2D eigenvalue weighted by Crippen LogP contribution is -2.50. The van der Waals surface area contributed by atoms with Gasteiger partial charge in [-0.2, -0.15) is 0 Å². The molecule has 2 fully saturated rings. The molecule has 0 bridgehead atoms. The Bertz CT molecular complexity index is 2940. The number of nitrogens with one attached hydrogen (secondary N) is 4. The molecule has 2 aliphatic rings.